The zero-order chi connectivity index (χ0) is 21.7. The van der Waals surface area contributed by atoms with Crippen LogP contribution in [0.25, 0.3) is 11.0 Å². The van der Waals surface area contributed by atoms with E-state index in [0.29, 0.717) is 6.54 Å². The second-order valence-corrected chi connectivity index (χ2v) is 8.61. The Kier molecular flexibility index (Phi) is 4.74. The van der Waals surface area contributed by atoms with E-state index in [1.54, 1.807) is 4.90 Å². The first-order valence-electron chi connectivity index (χ1n) is 9.80. The fourth-order valence-corrected chi connectivity index (χ4v) is 4.49. The summed E-state index contributed by atoms with van der Waals surface area (Å²) in [6.07, 6.45) is 0. The van der Waals surface area contributed by atoms with E-state index in [4.69, 9.17) is 4.42 Å². The second-order valence-electron chi connectivity index (χ2n) is 7.69. The van der Waals surface area contributed by atoms with Crippen LogP contribution in [0.1, 0.15) is 38.9 Å². The Morgan fingerprint density at radius 1 is 1.03 bits per heavy atom. The molecule has 5 rings (SSSR count). The molecule has 0 bridgehead atoms. The topological polar surface area (TPSA) is 50.5 Å². The van der Waals surface area contributed by atoms with E-state index >= 15 is 0 Å². The molecule has 0 saturated heterocycles. The highest BCUT2D eigenvalue weighted by molar-refractivity contribution is 9.10. The number of benzene rings is 3. The van der Waals surface area contributed by atoms with Gasteiger partial charge >= 0.3 is 0 Å². The molecule has 0 radical (unpaired) electrons. The summed E-state index contributed by atoms with van der Waals surface area (Å²) in [7, 11) is 0. The molecule has 1 amide bonds. The fraction of sp³-hybridized carbons (Fsp3) is 0.120. The molecule has 154 valence electrons. The zero-order valence-corrected chi connectivity index (χ0v) is 18.1. The molecule has 1 aliphatic rings. The number of halogens is 2. The molecule has 3 aromatic carbocycles. The summed E-state index contributed by atoms with van der Waals surface area (Å²) in [4.78, 5) is 28.5. The van der Waals surface area contributed by atoms with E-state index in [-0.39, 0.29) is 33.6 Å². The average molecular weight is 478 g/mol. The van der Waals surface area contributed by atoms with E-state index in [9.17, 15) is 14.0 Å². The number of nitrogens with zero attached hydrogens (tertiary/aromatic N) is 1. The van der Waals surface area contributed by atoms with Crippen LogP contribution >= 0.6 is 15.9 Å². The summed E-state index contributed by atoms with van der Waals surface area (Å²) in [5.41, 5.74) is 2.89. The molecule has 1 atom stereocenters. The predicted octanol–water partition coefficient (Wildman–Crippen LogP) is 5.75. The van der Waals surface area contributed by atoms with Crippen LogP contribution in [-0.4, -0.2) is 10.8 Å². The number of hydrogen-bond acceptors (Lipinski definition) is 3. The van der Waals surface area contributed by atoms with Crippen molar-refractivity contribution in [3.8, 4) is 0 Å². The lowest BCUT2D eigenvalue weighted by Crippen LogP contribution is -2.29. The Morgan fingerprint density at radius 3 is 2.55 bits per heavy atom. The van der Waals surface area contributed by atoms with E-state index < -0.39 is 11.9 Å². The summed E-state index contributed by atoms with van der Waals surface area (Å²) in [5.74, 6) is -0.871. The third-order valence-electron chi connectivity index (χ3n) is 5.57. The molecule has 31 heavy (non-hydrogen) atoms. The minimum absolute atomic E-state index is 0.0150. The molecule has 0 spiro atoms. The average Bonchev–Trinajstić information content (AvgIpc) is 3.02. The van der Waals surface area contributed by atoms with Gasteiger partial charge in [-0.2, -0.15) is 0 Å². The maximum atomic E-state index is 13.9. The third kappa shape index (κ3) is 3.37. The lowest BCUT2D eigenvalue weighted by Gasteiger charge is -2.25. The van der Waals surface area contributed by atoms with E-state index in [1.807, 2.05) is 55.5 Å². The van der Waals surface area contributed by atoms with Crippen LogP contribution < -0.4 is 5.43 Å². The lowest BCUT2D eigenvalue weighted by atomic mass is 9.98. The number of carbonyl (C=O) groups is 1. The van der Waals surface area contributed by atoms with Crippen molar-refractivity contribution in [3.05, 3.63) is 115 Å². The molecule has 1 aliphatic heterocycles. The van der Waals surface area contributed by atoms with E-state index in [2.05, 4.69) is 15.9 Å². The monoisotopic (exact) mass is 477 g/mol. The number of hydrogen-bond donors (Lipinski definition) is 0. The highest BCUT2D eigenvalue weighted by Gasteiger charge is 2.42. The van der Waals surface area contributed by atoms with Crippen molar-refractivity contribution >= 4 is 32.8 Å². The second kappa shape index (κ2) is 7.46. The quantitative estimate of drug-likeness (QED) is 0.377. The molecule has 0 fully saturated rings. The van der Waals surface area contributed by atoms with Gasteiger partial charge in [0.2, 0.25) is 5.76 Å². The molecule has 4 aromatic rings. The van der Waals surface area contributed by atoms with Crippen molar-refractivity contribution in [1.29, 1.82) is 0 Å². The van der Waals surface area contributed by atoms with Crippen molar-refractivity contribution < 1.29 is 13.6 Å². The normalized spacial score (nSPS) is 15.5. The molecule has 2 heterocycles. The summed E-state index contributed by atoms with van der Waals surface area (Å²) < 4.78 is 20.5. The van der Waals surface area contributed by atoms with E-state index in [1.165, 1.54) is 12.1 Å². The molecule has 0 N–H and O–H groups in total. The van der Waals surface area contributed by atoms with Gasteiger partial charge in [0, 0.05) is 11.0 Å². The van der Waals surface area contributed by atoms with Gasteiger partial charge < -0.3 is 9.32 Å². The fourth-order valence-electron chi connectivity index (χ4n) is 4.07. The van der Waals surface area contributed by atoms with Gasteiger partial charge in [-0.3, -0.25) is 9.59 Å². The lowest BCUT2D eigenvalue weighted by molar-refractivity contribution is 0.0714. The minimum Gasteiger partial charge on any atom is -0.450 e. The van der Waals surface area contributed by atoms with Gasteiger partial charge in [-0.25, -0.2) is 4.39 Å². The maximum absolute atomic E-state index is 13.9. The number of aryl methyl sites for hydroxylation is 1. The van der Waals surface area contributed by atoms with Gasteiger partial charge in [0.15, 0.2) is 5.43 Å². The molecule has 6 heteroatoms. The van der Waals surface area contributed by atoms with E-state index in [0.717, 1.165) is 27.2 Å². The summed E-state index contributed by atoms with van der Waals surface area (Å²) in [6, 6.07) is 18.5. The van der Waals surface area contributed by atoms with Gasteiger partial charge in [0.25, 0.3) is 5.91 Å². The molecule has 4 nitrogen and oxygen atoms in total. The zero-order valence-electron chi connectivity index (χ0n) is 16.6. The van der Waals surface area contributed by atoms with Gasteiger partial charge in [-0.15, -0.1) is 0 Å². The Balaban J connectivity index is 1.73. The number of amides is 1. The third-order valence-corrected chi connectivity index (χ3v) is 6.06. The standard InChI is InChI=1S/C25H17BrFNO3/c1-14-5-7-15(8-6-14)13-28-22(16-3-2-4-17(26)11-16)21-23(29)19-12-18(27)9-10-20(19)31-24(21)25(28)30/h2-12,22H,13H2,1H3/t22-/m0/s1. The first kappa shape index (κ1) is 19.7. The Bertz CT molecular complexity index is 1390. The van der Waals surface area contributed by atoms with Crippen molar-refractivity contribution in [3.63, 3.8) is 0 Å². The smallest absolute Gasteiger partial charge is 0.291 e. The van der Waals surface area contributed by atoms with Crippen LogP contribution in [0.3, 0.4) is 0 Å². The molecular weight excluding hydrogens is 461 g/mol. The molecule has 1 aromatic heterocycles. The minimum atomic E-state index is -0.634. The molecular formula is C25H17BrFNO3. The van der Waals surface area contributed by atoms with Crippen molar-refractivity contribution in [2.45, 2.75) is 19.5 Å². The highest BCUT2D eigenvalue weighted by atomic mass is 79.9. The van der Waals surface area contributed by atoms with Crippen LogP contribution in [-0.2, 0) is 6.54 Å². The summed E-state index contributed by atoms with van der Waals surface area (Å²) in [6.45, 7) is 2.31. The summed E-state index contributed by atoms with van der Waals surface area (Å²) in [5, 5.41) is 0.128. The van der Waals surface area contributed by atoms with Gasteiger partial charge in [-0.05, 0) is 48.4 Å². The SMILES string of the molecule is Cc1ccc(CN2C(=O)c3oc4ccc(F)cc4c(=O)c3[C@@H]2c2cccc(Br)c2)cc1. The van der Waals surface area contributed by atoms with Crippen molar-refractivity contribution in [2.24, 2.45) is 0 Å². The van der Waals surface area contributed by atoms with Gasteiger partial charge in [0.05, 0.1) is 17.0 Å². The van der Waals surface area contributed by atoms with Crippen LogP contribution in [0.15, 0.2) is 80.4 Å². The van der Waals surface area contributed by atoms with Crippen molar-refractivity contribution in [2.75, 3.05) is 0 Å². The van der Waals surface area contributed by atoms with Crippen molar-refractivity contribution in [1.82, 2.24) is 4.90 Å². The van der Waals surface area contributed by atoms with Crippen LogP contribution in [0.5, 0.6) is 0 Å². The number of fused-ring (bicyclic) bond motifs is 2. The predicted molar refractivity (Wildman–Crippen MR) is 119 cm³/mol. The molecule has 0 aliphatic carbocycles. The number of rotatable bonds is 3. The van der Waals surface area contributed by atoms with Gasteiger partial charge in [0.1, 0.15) is 11.4 Å². The molecule has 0 unspecified atom stereocenters. The summed E-state index contributed by atoms with van der Waals surface area (Å²) >= 11 is 3.47. The first-order chi connectivity index (χ1) is 14.9. The highest BCUT2D eigenvalue weighted by Crippen LogP contribution is 2.39. The first-order valence-corrected chi connectivity index (χ1v) is 10.6. The Hall–Kier alpha value is -3.25. The maximum Gasteiger partial charge on any atom is 0.291 e. The van der Waals surface area contributed by atoms with Crippen LogP contribution in [0.4, 0.5) is 4.39 Å². The molecule has 0 saturated carbocycles. The van der Waals surface area contributed by atoms with Gasteiger partial charge in [-0.1, -0.05) is 57.9 Å². The Labute approximate surface area is 186 Å². The largest absolute Gasteiger partial charge is 0.450 e. The number of carbonyl (C=O) groups excluding carboxylic acids is 1. The van der Waals surface area contributed by atoms with Crippen LogP contribution in [0.2, 0.25) is 0 Å². The van der Waals surface area contributed by atoms with Crippen LogP contribution in [0, 0.1) is 12.7 Å². The Morgan fingerprint density at radius 2 is 1.81 bits per heavy atom.